The number of thioether (sulfide) groups is 2. The number of carbonyl (C=O) groups excluding carboxylic acids is 1. The van der Waals surface area contributed by atoms with Crippen LogP contribution in [0, 0.1) is 6.92 Å². The molecular formula is C20H21N3OS3. The Labute approximate surface area is 171 Å². The van der Waals surface area contributed by atoms with Crippen molar-refractivity contribution in [3.05, 3.63) is 46.6 Å². The van der Waals surface area contributed by atoms with Crippen LogP contribution in [0.5, 0.6) is 0 Å². The molecule has 0 saturated carbocycles. The van der Waals surface area contributed by atoms with Crippen molar-refractivity contribution in [3.8, 4) is 0 Å². The maximum atomic E-state index is 12.2. The second-order valence-electron chi connectivity index (χ2n) is 6.41. The van der Waals surface area contributed by atoms with Gasteiger partial charge in [-0.25, -0.2) is 9.97 Å². The van der Waals surface area contributed by atoms with Crippen molar-refractivity contribution in [2.24, 2.45) is 0 Å². The summed E-state index contributed by atoms with van der Waals surface area (Å²) in [5.74, 6) is 2.11. The van der Waals surface area contributed by atoms with E-state index >= 15 is 0 Å². The summed E-state index contributed by atoms with van der Waals surface area (Å²) in [5, 5.41) is 5.16. The van der Waals surface area contributed by atoms with E-state index in [1.54, 1.807) is 23.1 Å². The highest BCUT2D eigenvalue weighted by Crippen LogP contribution is 2.40. The van der Waals surface area contributed by atoms with Crippen LogP contribution in [0.15, 0.2) is 40.3 Å². The van der Waals surface area contributed by atoms with Gasteiger partial charge in [0.15, 0.2) is 0 Å². The monoisotopic (exact) mass is 415 g/mol. The highest BCUT2D eigenvalue weighted by Gasteiger charge is 2.22. The molecule has 0 radical (unpaired) electrons. The van der Waals surface area contributed by atoms with Crippen LogP contribution < -0.4 is 5.32 Å². The van der Waals surface area contributed by atoms with Gasteiger partial charge < -0.3 is 5.32 Å². The first-order valence-corrected chi connectivity index (χ1v) is 11.9. The van der Waals surface area contributed by atoms with Gasteiger partial charge in [0.05, 0.1) is 5.75 Å². The molecule has 0 bridgehead atoms. The molecule has 3 aromatic rings. The molecule has 0 spiro atoms. The predicted octanol–water partition coefficient (Wildman–Crippen LogP) is 4.49. The molecule has 4 nitrogen and oxygen atoms in total. The quantitative estimate of drug-likeness (QED) is 0.350. The van der Waals surface area contributed by atoms with Gasteiger partial charge in [-0.05, 0) is 43.9 Å². The molecular weight excluding hydrogens is 394 g/mol. The average Bonchev–Trinajstić information content (AvgIpc) is 3.24. The number of nitrogens with zero attached hydrogens (tertiary/aromatic N) is 2. The fraction of sp³-hybridized carbons (Fsp3) is 0.350. The van der Waals surface area contributed by atoms with Crippen molar-refractivity contribution in [2.45, 2.75) is 36.1 Å². The third kappa shape index (κ3) is 4.47. The Balaban J connectivity index is 1.32. The smallest absolute Gasteiger partial charge is 0.230 e. The number of nitrogens with one attached hydrogen (secondary N) is 1. The van der Waals surface area contributed by atoms with Crippen molar-refractivity contribution < 1.29 is 4.79 Å². The fourth-order valence-corrected chi connectivity index (χ4v) is 6.32. The van der Waals surface area contributed by atoms with Gasteiger partial charge in [0.2, 0.25) is 5.91 Å². The van der Waals surface area contributed by atoms with Gasteiger partial charge in [0.1, 0.15) is 15.7 Å². The molecule has 4 rings (SSSR count). The summed E-state index contributed by atoms with van der Waals surface area (Å²) in [5.41, 5.74) is 1.41. The summed E-state index contributed by atoms with van der Waals surface area (Å²) >= 11 is 5.08. The number of thiophene rings is 1. The first-order valence-electron chi connectivity index (χ1n) is 9.07. The Kier molecular flexibility index (Phi) is 6.00. The maximum absolute atomic E-state index is 12.2. The van der Waals surface area contributed by atoms with E-state index in [9.17, 15) is 4.79 Å². The van der Waals surface area contributed by atoms with Gasteiger partial charge in [-0.1, -0.05) is 30.0 Å². The summed E-state index contributed by atoms with van der Waals surface area (Å²) in [6.45, 7) is 2.60. The van der Waals surface area contributed by atoms with E-state index in [0.29, 0.717) is 12.3 Å². The van der Waals surface area contributed by atoms with E-state index in [1.165, 1.54) is 38.9 Å². The zero-order chi connectivity index (χ0) is 18.6. The van der Waals surface area contributed by atoms with Crippen LogP contribution in [-0.4, -0.2) is 33.9 Å². The van der Waals surface area contributed by atoms with Gasteiger partial charge in [-0.15, -0.1) is 23.1 Å². The second-order valence-corrected chi connectivity index (χ2v) is 9.63. The fourth-order valence-electron chi connectivity index (χ4n) is 3.23. The van der Waals surface area contributed by atoms with Crippen LogP contribution in [0.1, 0.15) is 22.7 Å². The number of benzene rings is 1. The Hall–Kier alpha value is -1.57. The standard InChI is InChI=1S/C20H21N3OS3/c1-13-22-19(18-15-8-5-9-16(15)27-20(18)23-13)26-12-17(24)21-10-11-25-14-6-3-2-4-7-14/h2-4,6-7H,5,8-12H2,1H3,(H,21,24). The van der Waals surface area contributed by atoms with E-state index in [2.05, 4.69) is 27.4 Å². The summed E-state index contributed by atoms with van der Waals surface area (Å²) < 4.78 is 0. The van der Waals surface area contributed by atoms with Crippen molar-refractivity contribution in [1.29, 1.82) is 0 Å². The van der Waals surface area contributed by atoms with E-state index in [4.69, 9.17) is 0 Å². The topological polar surface area (TPSA) is 54.9 Å². The second kappa shape index (κ2) is 8.63. The molecule has 0 atom stereocenters. The lowest BCUT2D eigenvalue weighted by Crippen LogP contribution is -2.27. The summed E-state index contributed by atoms with van der Waals surface area (Å²) in [7, 11) is 0. The molecule has 2 heterocycles. The minimum Gasteiger partial charge on any atom is -0.355 e. The van der Waals surface area contributed by atoms with Crippen LogP contribution in [-0.2, 0) is 17.6 Å². The molecule has 1 aromatic carbocycles. The molecule has 1 aliphatic rings. The summed E-state index contributed by atoms with van der Waals surface area (Å²) in [6, 6.07) is 10.2. The Morgan fingerprint density at radius 3 is 2.89 bits per heavy atom. The molecule has 0 aliphatic heterocycles. The van der Waals surface area contributed by atoms with Gasteiger partial charge in [0, 0.05) is 27.5 Å². The van der Waals surface area contributed by atoms with Crippen molar-refractivity contribution in [3.63, 3.8) is 0 Å². The minimum atomic E-state index is 0.0601. The number of aromatic nitrogens is 2. The number of carbonyl (C=O) groups is 1. The Bertz CT molecular complexity index is 956. The zero-order valence-corrected chi connectivity index (χ0v) is 17.6. The SMILES string of the molecule is Cc1nc(SCC(=O)NCCSc2ccccc2)c2c3c(sc2n1)CCC3. The Morgan fingerprint density at radius 1 is 1.19 bits per heavy atom. The first-order chi connectivity index (χ1) is 13.2. The van der Waals surface area contributed by atoms with Gasteiger partial charge in [-0.2, -0.15) is 0 Å². The van der Waals surface area contributed by atoms with Crippen LogP contribution in [0.25, 0.3) is 10.2 Å². The van der Waals surface area contributed by atoms with Crippen LogP contribution in [0.2, 0.25) is 0 Å². The number of rotatable bonds is 7. The van der Waals surface area contributed by atoms with E-state index in [0.717, 1.165) is 34.3 Å². The molecule has 1 N–H and O–H groups in total. The van der Waals surface area contributed by atoms with E-state index < -0.39 is 0 Å². The number of hydrogen-bond donors (Lipinski definition) is 1. The van der Waals surface area contributed by atoms with Crippen molar-refractivity contribution in [1.82, 2.24) is 15.3 Å². The van der Waals surface area contributed by atoms with Gasteiger partial charge in [-0.3, -0.25) is 4.79 Å². The third-order valence-corrected chi connectivity index (χ3v) is 7.59. The van der Waals surface area contributed by atoms with Crippen LogP contribution in [0.4, 0.5) is 0 Å². The lowest BCUT2D eigenvalue weighted by molar-refractivity contribution is -0.118. The number of amides is 1. The first kappa shape index (κ1) is 18.8. The number of fused-ring (bicyclic) bond motifs is 3. The number of aryl methyl sites for hydroxylation is 3. The van der Waals surface area contributed by atoms with E-state index in [1.807, 2.05) is 25.1 Å². The Morgan fingerprint density at radius 2 is 2.04 bits per heavy atom. The lowest BCUT2D eigenvalue weighted by Gasteiger charge is -2.07. The summed E-state index contributed by atoms with van der Waals surface area (Å²) in [6.07, 6.45) is 3.48. The molecule has 27 heavy (non-hydrogen) atoms. The molecule has 2 aromatic heterocycles. The molecule has 0 unspecified atom stereocenters. The molecule has 1 aliphatic carbocycles. The largest absolute Gasteiger partial charge is 0.355 e. The van der Waals surface area contributed by atoms with Crippen molar-refractivity contribution in [2.75, 3.05) is 18.1 Å². The number of hydrogen-bond acceptors (Lipinski definition) is 6. The molecule has 0 saturated heterocycles. The highest BCUT2D eigenvalue weighted by atomic mass is 32.2. The van der Waals surface area contributed by atoms with Crippen molar-refractivity contribution >= 4 is 51.0 Å². The zero-order valence-electron chi connectivity index (χ0n) is 15.2. The maximum Gasteiger partial charge on any atom is 0.230 e. The molecule has 140 valence electrons. The normalized spacial score (nSPS) is 13.1. The summed E-state index contributed by atoms with van der Waals surface area (Å²) in [4.78, 5) is 25.2. The highest BCUT2D eigenvalue weighted by molar-refractivity contribution is 8.00. The third-order valence-electron chi connectivity index (χ3n) is 4.42. The lowest BCUT2D eigenvalue weighted by atomic mass is 10.2. The molecule has 1 amide bonds. The van der Waals surface area contributed by atoms with Gasteiger partial charge >= 0.3 is 0 Å². The molecule has 7 heteroatoms. The average molecular weight is 416 g/mol. The predicted molar refractivity (Wildman–Crippen MR) is 115 cm³/mol. The van der Waals surface area contributed by atoms with E-state index in [-0.39, 0.29) is 5.91 Å². The van der Waals surface area contributed by atoms with Crippen LogP contribution >= 0.6 is 34.9 Å². The minimum absolute atomic E-state index is 0.0601. The molecule has 0 fully saturated rings. The van der Waals surface area contributed by atoms with Gasteiger partial charge in [0.25, 0.3) is 0 Å². The van der Waals surface area contributed by atoms with Crippen LogP contribution in [0.3, 0.4) is 0 Å².